The number of rotatable bonds is 5. The van der Waals surface area contributed by atoms with Gasteiger partial charge in [0.1, 0.15) is 18.2 Å². The van der Waals surface area contributed by atoms with Crippen molar-refractivity contribution in [1.29, 1.82) is 5.41 Å². The number of hydrogen-bond donors (Lipinski definition) is 1. The second-order valence-electron chi connectivity index (χ2n) is 9.48. The Morgan fingerprint density at radius 3 is 2.53 bits per heavy atom. The van der Waals surface area contributed by atoms with E-state index in [0.717, 1.165) is 23.5 Å². The van der Waals surface area contributed by atoms with E-state index < -0.39 is 5.82 Å². The summed E-state index contributed by atoms with van der Waals surface area (Å²) in [5.41, 5.74) is 2.93. The fourth-order valence-electron chi connectivity index (χ4n) is 4.40. The Morgan fingerprint density at radius 2 is 1.91 bits per heavy atom. The molecule has 0 amide bonds. The quantitative estimate of drug-likeness (QED) is 0.624. The number of methoxy groups -OCH3 is 2. The van der Waals surface area contributed by atoms with Crippen LogP contribution in [0.4, 0.5) is 10.1 Å². The summed E-state index contributed by atoms with van der Waals surface area (Å²) >= 11 is 0. The van der Waals surface area contributed by atoms with Crippen LogP contribution in [0.3, 0.4) is 0 Å². The molecule has 4 rings (SSSR count). The molecule has 0 bridgehead atoms. The number of halogens is 2. The number of ketones is 1. The van der Waals surface area contributed by atoms with Crippen molar-refractivity contribution in [3.8, 4) is 17.2 Å². The summed E-state index contributed by atoms with van der Waals surface area (Å²) in [6, 6.07) is 5.41. The lowest BCUT2D eigenvalue weighted by Gasteiger charge is -2.33. The summed E-state index contributed by atoms with van der Waals surface area (Å²) in [4.78, 5) is 17.0. The Labute approximate surface area is 205 Å². The topological polar surface area (TPSA) is 75.1 Å². The minimum absolute atomic E-state index is 0. The van der Waals surface area contributed by atoms with Crippen LogP contribution in [0.2, 0.25) is 0 Å². The molecule has 2 aromatic rings. The molecule has 0 saturated heterocycles. The van der Waals surface area contributed by atoms with Gasteiger partial charge in [-0.3, -0.25) is 10.2 Å². The van der Waals surface area contributed by atoms with Crippen LogP contribution in [-0.2, 0) is 12.0 Å². The minimum atomic E-state index is -0.644. The first-order valence-corrected chi connectivity index (χ1v) is 10.9. The van der Waals surface area contributed by atoms with Gasteiger partial charge in [-0.1, -0.05) is 20.8 Å². The molecule has 0 fully saturated rings. The Bertz CT molecular complexity index is 1150. The van der Waals surface area contributed by atoms with Crippen LogP contribution in [0.25, 0.3) is 0 Å². The molecule has 34 heavy (non-hydrogen) atoms. The van der Waals surface area contributed by atoms with Crippen molar-refractivity contribution in [3.05, 3.63) is 46.3 Å². The highest BCUT2D eigenvalue weighted by Gasteiger charge is 2.34. The molecule has 0 aliphatic carbocycles. The summed E-state index contributed by atoms with van der Waals surface area (Å²) in [5.74, 6) is 0.221. The van der Waals surface area contributed by atoms with Gasteiger partial charge in [-0.05, 0) is 29.2 Å². The third-order valence-electron chi connectivity index (χ3n) is 6.23. The lowest BCUT2D eigenvalue weighted by molar-refractivity contribution is 0.0962. The number of carbonyl (C=O) groups excluding carboxylic acids is 1. The summed E-state index contributed by atoms with van der Waals surface area (Å²) in [6.45, 7) is 7.81. The Morgan fingerprint density at radius 1 is 1.21 bits per heavy atom. The number of nitrogens with zero attached hydrogens (tertiary/aromatic N) is 2. The maximum absolute atomic E-state index is 15.0. The van der Waals surface area contributed by atoms with Gasteiger partial charge in [0.2, 0.25) is 0 Å². The molecule has 9 heteroatoms. The lowest BCUT2D eigenvalue weighted by atomic mass is 9.84. The van der Waals surface area contributed by atoms with Crippen LogP contribution < -0.4 is 19.1 Å². The second kappa shape index (κ2) is 9.33. The fraction of sp³-hybridized carbons (Fsp3) is 0.440. The zero-order valence-electron chi connectivity index (χ0n) is 20.4. The molecule has 7 nitrogen and oxygen atoms in total. The number of ether oxygens (including phenoxy) is 3. The van der Waals surface area contributed by atoms with Gasteiger partial charge in [0.25, 0.3) is 0 Å². The Kier molecular flexibility index (Phi) is 7.03. The van der Waals surface area contributed by atoms with E-state index >= 15 is 4.39 Å². The number of anilines is 1. The van der Waals surface area contributed by atoms with Gasteiger partial charge in [0, 0.05) is 24.7 Å². The molecule has 0 atom stereocenters. The van der Waals surface area contributed by atoms with Gasteiger partial charge >= 0.3 is 0 Å². The van der Waals surface area contributed by atoms with Crippen LogP contribution in [0.15, 0.2) is 18.2 Å². The SMILES string of the molecule is COc1cc2c(c(F)c1OC)C(=N)N(CC(=O)c1cc3c(c(C(C)(C)C)c1)OCCN3C)C2.Cl. The molecule has 0 spiro atoms. The summed E-state index contributed by atoms with van der Waals surface area (Å²) in [7, 11) is 4.78. The van der Waals surface area contributed by atoms with Crippen LogP contribution >= 0.6 is 12.4 Å². The third kappa shape index (κ3) is 4.27. The largest absolute Gasteiger partial charge is 0.493 e. The lowest BCUT2D eigenvalue weighted by Crippen LogP contribution is -2.33. The maximum atomic E-state index is 15.0. The van der Waals surface area contributed by atoms with E-state index in [-0.39, 0.29) is 59.6 Å². The molecule has 1 N–H and O–H groups in total. The van der Waals surface area contributed by atoms with Crippen molar-refractivity contribution in [2.75, 3.05) is 45.9 Å². The van der Waals surface area contributed by atoms with E-state index in [9.17, 15) is 4.79 Å². The van der Waals surface area contributed by atoms with Gasteiger partial charge in [-0.15, -0.1) is 12.4 Å². The summed E-state index contributed by atoms with van der Waals surface area (Å²) < 4.78 is 31.4. The highest BCUT2D eigenvalue weighted by Crippen LogP contribution is 2.42. The first-order chi connectivity index (χ1) is 15.6. The molecule has 2 heterocycles. The van der Waals surface area contributed by atoms with Crippen molar-refractivity contribution in [3.63, 3.8) is 0 Å². The molecular weight excluding hydrogens is 461 g/mol. The van der Waals surface area contributed by atoms with Crippen molar-refractivity contribution >= 4 is 29.7 Å². The summed E-state index contributed by atoms with van der Waals surface area (Å²) in [5, 5.41) is 8.52. The van der Waals surface area contributed by atoms with Gasteiger partial charge in [0.15, 0.2) is 23.1 Å². The number of carbonyl (C=O) groups is 1. The molecule has 0 unspecified atom stereocenters. The third-order valence-corrected chi connectivity index (χ3v) is 6.23. The van der Waals surface area contributed by atoms with Gasteiger partial charge < -0.3 is 24.0 Å². The van der Waals surface area contributed by atoms with Gasteiger partial charge in [-0.25, -0.2) is 4.39 Å². The number of fused-ring (bicyclic) bond motifs is 2. The van der Waals surface area contributed by atoms with Crippen LogP contribution in [0.5, 0.6) is 17.2 Å². The monoisotopic (exact) mass is 491 g/mol. The highest BCUT2D eigenvalue weighted by atomic mass is 35.5. The maximum Gasteiger partial charge on any atom is 0.197 e. The van der Waals surface area contributed by atoms with Gasteiger partial charge in [0.05, 0.1) is 38.6 Å². The van der Waals surface area contributed by atoms with Crippen molar-refractivity contribution in [2.45, 2.75) is 32.7 Å². The summed E-state index contributed by atoms with van der Waals surface area (Å²) in [6.07, 6.45) is 0. The molecule has 2 aliphatic heterocycles. The van der Waals surface area contributed by atoms with Crippen LogP contribution in [-0.4, -0.2) is 57.5 Å². The van der Waals surface area contributed by atoms with E-state index in [2.05, 4.69) is 25.7 Å². The standard InChI is InChI=1S/C25H30FN3O4.ClH/c1-25(2,3)16-9-14(10-17-22(16)33-8-7-28(17)4)18(30)13-29-12-15-11-19(31-5)23(32-6)21(26)20(15)24(29)27;/h9-11,27H,7-8,12-13H2,1-6H3;1H. The van der Waals surface area contributed by atoms with Crippen molar-refractivity contribution < 1.29 is 23.4 Å². The first-order valence-electron chi connectivity index (χ1n) is 10.9. The van der Waals surface area contributed by atoms with Gasteiger partial charge in [-0.2, -0.15) is 0 Å². The number of hydrogen-bond acceptors (Lipinski definition) is 6. The number of nitrogens with one attached hydrogen (secondary N) is 1. The average molecular weight is 492 g/mol. The Hall–Kier alpha value is -3.00. The van der Waals surface area contributed by atoms with E-state index in [4.69, 9.17) is 19.6 Å². The van der Waals surface area contributed by atoms with Crippen molar-refractivity contribution in [2.24, 2.45) is 0 Å². The normalized spacial score (nSPS) is 14.7. The number of benzene rings is 2. The van der Waals surface area contributed by atoms with E-state index in [1.165, 1.54) is 14.2 Å². The van der Waals surface area contributed by atoms with Crippen LogP contribution in [0.1, 0.15) is 47.8 Å². The zero-order chi connectivity index (χ0) is 24.1. The zero-order valence-corrected chi connectivity index (χ0v) is 21.2. The molecule has 0 aromatic heterocycles. The highest BCUT2D eigenvalue weighted by molar-refractivity contribution is 6.06. The fourth-order valence-corrected chi connectivity index (χ4v) is 4.40. The predicted octanol–water partition coefficient (Wildman–Crippen LogP) is 4.41. The van der Waals surface area contributed by atoms with Crippen molar-refractivity contribution in [1.82, 2.24) is 4.90 Å². The predicted molar refractivity (Wildman–Crippen MR) is 132 cm³/mol. The van der Waals surface area contributed by atoms with E-state index in [1.54, 1.807) is 11.0 Å². The second-order valence-corrected chi connectivity index (χ2v) is 9.48. The molecule has 0 saturated carbocycles. The molecule has 0 radical (unpaired) electrons. The molecule has 184 valence electrons. The van der Waals surface area contributed by atoms with Crippen LogP contribution in [0, 0.1) is 11.2 Å². The van der Waals surface area contributed by atoms with E-state index in [0.29, 0.717) is 17.7 Å². The number of likely N-dealkylation sites (N-methyl/N-ethyl adjacent to an activating group) is 1. The average Bonchev–Trinajstić information content (AvgIpc) is 3.07. The van der Waals surface area contributed by atoms with E-state index in [1.807, 2.05) is 19.2 Å². The number of amidine groups is 1. The molecular formula is C25H31ClFN3O4. The minimum Gasteiger partial charge on any atom is -0.493 e. The smallest absolute Gasteiger partial charge is 0.197 e. The first kappa shape index (κ1) is 25.6. The number of Topliss-reactive ketones (excluding diaryl/α,β-unsaturated/α-hetero) is 1. The molecule has 2 aliphatic rings. The molecule has 2 aromatic carbocycles. The Balaban J connectivity index is 0.00000324.